The van der Waals surface area contributed by atoms with Gasteiger partial charge in [0.25, 0.3) is 11.8 Å². The summed E-state index contributed by atoms with van der Waals surface area (Å²) in [5.74, 6) is 0.655. The summed E-state index contributed by atoms with van der Waals surface area (Å²) in [5, 5.41) is 7.38. The summed E-state index contributed by atoms with van der Waals surface area (Å²) >= 11 is 0. The average Bonchev–Trinajstić information content (AvgIpc) is 3.45. The van der Waals surface area contributed by atoms with E-state index >= 15 is 0 Å². The maximum absolute atomic E-state index is 13.0. The molecule has 0 radical (unpaired) electrons. The van der Waals surface area contributed by atoms with Crippen LogP contribution in [0.4, 0.5) is 5.69 Å². The van der Waals surface area contributed by atoms with Gasteiger partial charge in [-0.2, -0.15) is 0 Å². The number of hydrogen-bond acceptors (Lipinski definition) is 4. The van der Waals surface area contributed by atoms with Crippen LogP contribution >= 0.6 is 0 Å². The van der Waals surface area contributed by atoms with E-state index in [4.69, 9.17) is 0 Å². The lowest BCUT2D eigenvalue weighted by Crippen LogP contribution is -2.28. The molecule has 7 heteroatoms. The highest BCUT2D eigenvalue weighted by Crippen LogP contribution is 2.25. The van der Waals surface area contributed by atoms with Gasteiger partial charge in [-0.25, -0.2) is 9.67 Å². The van der Waals surface area contributed by atoms with E-state index in [9.17, 15) is 9.59 Å². The summed E-state index contributed by atoms with van der Waals surface area (Å²) in [4.78, 5) is 32.1. The van der Waals surface area contributed by atoms with Gasteiger partial charge in [0.2, 0.25) is 5.82 Å². The van der Waals surface area contributed by atoms with E-state index in [2.05, 4.69) is 35.3 Å². The van der Waals surface area contributed by atoms with Gasteiger partial charge in [0.1, 0.15) is 5.82 Å². The third-order valence-corrected chi connectivity index (χ3v) is 5.96. The molecular weight excluding hydrogens is 402 g/mol. The smallest absolute Gasteiger partial charge is 0.295 e. The summed E-state index contributed by atoms with van der Waals surface area (Å²) in [5.41, 5.74) is 4.01. The molecule has 0 unspecified atom stereocenters. The maximum Gasteiger partial charge on any atom is 0.295 e. The van der Waals surface area contributed by atoms with Crippen molar-refractivity contribution in [2.75, 3.05) is 18.4 Å². The van der Waals surface area contributed by atoms with Crippen LogP contribution in [0.15, 0.2) is 42.5 Å². The summed E-state index contributed by atoms with van der Waals surface area (Å²) in [7, 11) is 0. The number of nitrogens with zero attached hydrogens (tertiary/aromatic N) is 4. The SMILES string of the molecule is Cc1c(NC(=O)c2nc(C)n(-c3ccccc3C(C)C)n2)cccc1C(=O)N1CCCC1. The van der Waals surface area contributed by atoms with Gasteiger partial charge in [-0.05, 0) is 61.9 Å². The fraction of sp³-hybridized carbons (Fsp3) is 0.360. The van der Waals surface area contributed by atoms with Gasteiger partial charge in [-0.3, -0.25) is 9.59 Å². The van der Waals surface area contributed by atoms with Crippen LogP contribution in [-0.4, -0.2) is 44.6 Å². The first-order valence-corrected chi connectivity index (χ1v) is 11.1. The topological polar surface area (TPSA) is 80.1 Å². The van der Waals surface area contributed by atoms with E-state index in [1.807, 2.05) is 43.0 Å². The minimum atomic E-state index is -0.400. The molecule has 1 aliphatic rings. The Morgan fingerprint density at radius 2 is 1.72 bits per heavy atom. The fourth-order valence-electron chi connectivity index (χ4n) is 4.15. The molecule has 1 aliphatic heterocycles. The molecule has 0 spiro atoms. The van der Waals surface area contributed by atoms with E-state index in [-0.39, 0.29) is 11.7 Å². The molecule has 4 rings (SSSR count). The molecule has 1 N–H and O–H groups in total. The summed E-state index contributed by atoms with van der Waals surface area (Å²) in [6.07, 6.45) is 2.07. The number of aromatic nitrogens is 3. The van der Waals surface area contributed by atoms with E-state index in [0.29, 0.717) is 23.0 Å². The molecule has 166 valence electrons. The normalized spacial score (nSPS) is 13.6. The molecule has 0 saturated carbocycles. The second kappa shape index (κ2) is 8.94. The molecule has 2 amide bonds. The fourth-order valence-corrected chi connectivity index (χ4v) is 4.15. The highest BCUT2D eigenvalue weighted by atomic mass is 16.2. The molecule has 32 heavy (non-hydrogen) atoms. The van der Waals surface area contributed by atoms with Crippen molar-refractivity contribution in [3.8, 4) is 5.69 Å². The van der Waals surface area contributed by atoms with Crippen molar-refractivity contribution in [3.05, 3.63) is 70.8 Å². The first-order valence-electron chi connectivity index (χ1n) is 11.1. The Morgan fingerprint density at radius 1 is 1.00 bits per heavy atom. The molecule has 1 fully saturated rings. The predicted molar refractivity (Wildman–Crippen MR) is 124 cm³/mol. The Balaban J connectivity index is 1.59. The largest absolute Gasteiger partial charge is 0.339 e. The standard InChI is InChI=1S/C25H29N5O2/c1-16(2)19-10-5-6-13-22(19)30-18(4)26-23(28-30)24(31)27-21-12-9-11-20(17(21)3)25(32)29-14-7-8-15-29/h5-6,9-13,16H,7-8,14-15H2,1-4H3,(H,27,31). The van der Waals surface area contributed by atoms with Gasteiger partial charge < -0.3 is 10.2 Å². The zero-order valence-corrected chi connectivity index (χ0v) is 19.1. The lowest BCUT2D eigenvalue weighted by atomic mass is 10.0. The molecule has 1 aromatic heterocycles. The van der Waals surface area contributed by atoms with Crippen LogP contribution < -0.4 is 5.32 Å². The van der Waals surface area contributed by atoms with Crippen molar-refractivity contribution >= 4 is 17.5 Å². The summed E-state index contributed by atoms with van der Waals surface area (Å²) < 4.78 is 1.71. The lowest BCUT2D eigenvalue weighted by Gasteiger charge is -2.18. The molecule has 1 saturated heterocycles. The first-order chi connectivity index (χ1) is 15.4. The van der Waals surface area contributed by atoms with Crippen LogP contribution in [-0.2, 0) is 0 Å². The van der Waals surface area contributed by atoms with Crippen molar-refractivity contribution in [2.24, 2.45) is 0 Å². The van der Waals surface area contributed by atoms with E-state index in [1.165, 1.54) is 0 Å². The predicted octanol–water partition coefficient (Wildman–Crippen LogP) is 4.50. The average molecular weight is 432 g/mol. The highest BCUT2D eigenvalue weighted by molar-refractivity contribution is 6.04. The van der Waals surface area contributed by atoms with Gasteiger partial charge in [0.15, 0.2) is 0 Å². The number of carbonyl (C=O) groups excluding carboxylic acids is 2. The van der Waals surface area contributed by atoms with Crippen LogP contribution in [0, 0.1) is 13.8 Å². The van der Waals surface area contributed by atoms with E-state index < -0.39 is 5.91 Å². The lowest BCUT2D eigenvalue weighted by molar-refractivity contribution is 0.0791. The van der Waals surface area contributed by atoms with E-state index in [0.717, 1.165) is 42.7 Å². The second-order valence-corrected chi connectivity index (χ2v) is 8.54. The third-order valence-electron chi connectivity index (χ3n) is 5.96. The molecule has 2 heterocycles. The molecule has 2 aromatic carbocycles. The Bertz CT molecular complexity index is 1160. The Labute approximate surface area is 188 Å². The molecule has 7 nitrogen and oxygen atoms in total. The molecular formula is C25H29N5O2. The van der Waals surface area contributed by atoms with Crippen LogP contribution in [0.3, 0.4) is 0 Å². The van der Waals surface area contributed by atoms with Crippen molar-refractivity contribution < 1.29 is 9.59 Å². The first kappa shape index (κ1) is 21.7. The van der Waals surface area contributed by atoms with Crippen molar-refractivity contribution in [2.45, 2.75) is 46.5 Å². The monoisotopic (exact) mass is 431 g/mol. The number of anilines is 1. The Hall–Kier alpha value is -3.48. The molecule has 3 aromatic rings. The van der Waals surface area contributed by atoms with Gasteiger partial charge in [0, 0.05) is 24.3 Å². The number of nitrogens with one attached hydrogen (secondary N) is 1. The quantitative estimate of drug-likeness (QED) is 0.645. The van der Waals surface area contributed by atoms with Crippen molar-refractivity contribution in [1.29, 1.82) is 0 Å². The van der Waals surface area contributed by atoms with Crippen molar-refractivity contribution in [1.82, 2.24) is 19.7 Å². The van der Waals surface area contributed by atoms with Gasteiger partial charge >= 0.3 is 0 Å². The zero-order valence-electron chi connectivity index (χ0n) is 19.1. The van der Waals surface area contributed by atoms with Crippen LogP contribution in [0.25, 0.3) is 5.69 Å². The summed E-state index contributed by atoms with van der Waals surface area (Å²) in [6, 6.07) is 13.4. The third kappa shape index (κ3) is 4.15. The second-order valence-electron chi connectivity index (χ2n) is 8.54. The van der Waals surface area contributed by atoms with E-state index in [1.54, 1.807) is 16.8 Å². The number of aryl methyl sites for hydroxylation is 1. The Kier molecular flexibility index (Phi) is 6.08. The van der Waals surface area contributed by atoms with Crippen LogP contribution in [0.1, 0.15) is 70.5 Å². The minimum absolute atomic E-state index is 0.0136. The zero-order chi connectivity index (χ0) is 22.8. The van der Waals surface area contributed by atoms with Gasteiger partial charge in [-0.1, -0.05) is 38.1 Å². The number of likely N-dealkylation sites (tertiary alicyclic amines) is 1. The maximum atomic E-state index is 13.0. The Morgan fingerprint density at radius 3 is 2.44 bits per heavy atom. The number of amides is 2. The highest BCUT2D eigenvalue weighted by Gasteiger charge is 2.23. The minimum Gasteiger partial charge on any atom is -0.339 e. The van der Waals surface area contributed by atoms with Crippen LogP contribution in [0.5, 0.6) is 0 Å². The number of hydrogen-bond donors (Lipinski definition) is 1. The number of para-hydroxylation sites is 1. The summed E-state index contributed by atoms with van der Waals surface area (Å²) in [6.45, 7) is 9.51. The van der Waals surface area contributed by atoms with Gasteiger partial charge in [-0.15, -0.1) is 5.10 Å². The van der Waals surface area contributed by atoms with Gasteiger partial charge in [0.05, 0.1) is 5.69 Å². The number of rotatable bonds is 5. The number of carbonyl (C=O) groups is 2. The molecule has 0 atom stereocenters. The molecule has 0 bridgehead atoms. The molecule has 0 aliphatic carbocycles. The van der Waals surface area contributed by atoms with Crippen LogP contribution in [0.2, 0.25) is 0 Å². The number of benzene rings is 2. The van der Waals surface area contributed by atoms with Crippen molar-refractivity contribution in [3.63, 3.8) is 0 Å².